The van der Waals surface area contributed by atoms with Crippen LogP contribution in [0.4, 0.5) is 0 Å². The van der Waals surface area contributed by atoms with E-state index < -0.39 is 0 Å². The summed E-state index contributed by atoms with van der Waals surface area (Å²) >= 11 is 11.9. The van der Waals surface area contributed by atoms with Crippen molar-refractivity contribution in [2.45, 2.75) is 19.6 Å². The van der Waals surface area contributed by atoms with Crippen LogP contribution in [0, 0.1) is 0 Å². The SMILES string of the molecule is CNCC(C)OCc1cc(Cl)ccc1Cl. The number of rotatable bonds is 5. The quantitative estimate of drug-likeness (QED) is 0.864. The van der Waals surface area contributed by atoms with Gasteiger partial charge in [0.15, 0.2) is 0 Å². The standard InChI is InChI=1S/C11H15Cl2NO/c1-8(6-14-2)15-7-9-5-10(12)3-4-11(9)13/h3-5,8,14H,6-7H2,1-2H3. The number of benzene rings is 1. The molecule has 0 aliphatic rings. The van der Waals surface area contributed by atoms with Crippen molar-refractivity contribution in [2.75, 3.05) is 13.6 Å². The van der Waals surface area contributed by atoms with Crippen LogP contribution in [-0.4, -0.2) is 19.7 Å². The molecule has 0 bridgehead atoms. The first-order valence-corrected chi connectivity index (χ1v) is 5.59. The number of hydrogen-bond acceptors (Lipinski definition) is 2. The second kappa shape index (κ2) is 6.33. The molecule has 0 heterocycles. The van der Waals surface area contributed by atoms with Gasteiger partial charge >= 0.3 is 0 Å². The second-order valence-electron chi connectivity index (χ2n) is 3.42. The van der Waals surface area contributed by atoms with Gasteiger partial charge in [-0.05, 0) is 37.7 Å². The largest absolute Gasteiger partial charge is 0.372 e. The Hall–Kier alpha value is -0.280. The fraction of sp³-hybridized carbons (Fsp3) is 0.455. The maximum absolute atomic E-state index is 6.00. The highest BCUT2D eigenvalue weighted by Gasteiger charge is 2.05. The van der Waals surface area contributed by atoms with Gasteiger partial charge in [-0.15, -0.1) is 0 Å². The van der Waals surface area contributed by atoms with Gasteiger partial charge in [-0.1, -0.05) is 23.2 Å². The average Bonchev–Trinajstić information content (AvgIpc) is 2.20. The molecule has 4 heteroatoms. The highest BCUT2D eigenvalue weighted by atomic mass is 35.5. The Morgan fingerprint density at radius 1 is 1.40 bits per heavy atom. The molecular formula is C11H15Cl2NO. The Kier molecular flexibility index (Phi) is 5.40. The lowest BCUT2D eigenvalue weighted by Crippen LogP contribution is -2.23. The van der Waals surface area contributed by atoms with Crippen LogP contribution < -0.4 is 5.32 Å². The first kappa shape index (κ1) is 12.8. The number of hydrogen-bond donors (Lipinski definition) is 1. The minimum Gasteiger partial charge on any atom is -0.372 e. The van der Waals surface area contributed by atoms with Gasteiger partial charge in [0.2, 0.25) is 0 Å². The summed E-state index contributed by atoms with van der Waals surface area (Å²) in [6.45, 7) is 3.31. The number of ether oxygens (including phenoxy) is 1. The zero-order chi connectivity index (χ0) is 11.3. The van der Waals surface area contributed by atoms with Crippen LogP contribution in [0.15, 0.2) is 18.2 Å². The molecule has 0 fully saturated rings. The van der Waals surface area contributed by atoms with Crippen molar-refractivity contribution in [3.05, 3.63) is 33.8 Å². The van der Waals surface area contributed by atoms with Gasteiger partial charge in [0.05, 0.1) is 12.7 Å². The Balaban J connectivity index is 2.53. The molecule has 1 aromatic rings. The van der Waals surface area contributed by atoms with Crippen LogP contribution in [0.3, 0.4) is 0 Å². The van der Waals surface area contributed by atoms with Crippen molar-refractivity contribution in [2.24, 2.45) is 0 Å². The minimum atomic E-state index is 0.157. The minimum absolute atomic E-state index is 0.157. The van der Waals surface area contributed by atoms with E-state index in [-0.39, 0.29) is 6.10 Å². The monoisotopic (exact) mass is 247 g/mol. The van der Waals surface area contributed by atoms with Crippen molar-refractivity contribution in [1.82, 2.24) is 5.32 Å². The summed E-state index contributed by atoms with van der Waals surface area (Å²) in [5.74, 6) is 0. The van der Waals surface area contributed by atoms with E-state index in [1.165, 1.54) is 0 Å². The van der Waals surface area contributed by atoms with Gasteiger partial charge in [-0.2, -0.15) is 0 Å². The highest BCUT2D eigenvalue weighted by Crippen LogP contribution is 2.21. The van der Waals surface area contributed by atoms with E-state index in [0.717, 1.165) is 12.1 Å². The van der Waals surface area contributed by atoms with Gasteiger partial charge in [0, 0.05) is 16.6 Å². The summed E-state index contributed by atoms with van der Waals surface area (Å²) in [5.41, 5.74) is 0.923. The molecule has 0 aliphatic heterocycles. The van der Waals surface area contributed by atoms with Crippen LogP contribution in [0.2, 0.25) is 10.0 Å². The third kappa shape index (κ3) is 4.39. The number of halogens is 2. The van der Waals surface area contributed by atoms with Gasteiger partial charge in [0.1, 0.15) is 0 Å². The van der Waals surface area contributed by atoms with Crippen molar-refractivity contribution < 1.29 is 4.74 Å². The number of likely N-dealkylation sites (N-methyl/N-ethyl adjacent to an activating group) is 1. The summed E-state index contributed by atoms with van der Waals surface area (Å²) in [6.07, 6.45) is 0.157. The van der Waals surface area contributed by atoms with Crippen LogP contribution in [-0.2, 0) is 11.3 Å². The first-order chi connectivity index (χ1) is 7.13. The lowest BCUT2D eigenvalue weighted by atomic mass is 10.2. The molecule has 1 atom stereocenters. The molecule has 1 aromatic carbocycles. The van der Waals surface area contributed by atoms with E-state index in [1.54, 1.807) is 12.1 Å². The lowest BCUT2D eigenvalue weighted by Gasteiger charge is -2.13. The van der Waals surface area contributed by atoms with Gasteiger partial charge in [0.25, 0.3) is 0 Å². The normalized spacial score (nSPS) is 12.8. The fourth-order valence-electron chi connectivity index (χ4n) is 1.23. The van der Waals surface area contributed by atoms with E-state index in [1.807, 2.05) is 20.0 Å². The van der Waals surface area contributed by atoms with Crippen LogP contribution in [0.1, 0.15) is 12.5 Å². The van der Waals surface area contributed by atoms with Gasteiger partial charge in [-0.3, -0.25) is 0 Å². The summed E-state index contributed by atoms with van der Waals surface area (Å²) < 4.78 is 5.60. The molecule has 0 amide bonds. The molecule has 2 nitrogen and oxygen atoms in total. The molecule has 0 radical (unpaired) electrons. The van der Waals surface area contributed by atoms with Crippen LogP contribution >= 0.6 is 23.2 Å². The van der Waals surface area contributed by atoms with E-state index in [9.17, 15) is 0 Å². The molecule has 1 unspecified atom stereocenters. The number of nitrogens with one attached hydrogen (secondary N) is 1. The Morgan fingerprint density at radius 3 is 2.80 bits per heavy atom. The summed E-state index contributed by atoms with van der Waals surface area (Å²) in [6, 6.07) is 5.38. The Morgan fingerprint density at radius 2 is 2.13 bits per heavy atom. The molecule has 0 spiro atoms. The molecule has 0 saturated heterocycles. The summed E-state index contributed by atoms with van der Waals surface area (Å²) in [4.78, 5) is 0. The highest BCUT2D eigenvalue weighted by molar-refractivity contribution is 6.33. The van der Waals surface area contributed by atoms with Crippen LogP contribution in [0.25, 0.3) is 0 Å². The second-order valence-corrected chi connectivity index (χ2v) is 4.26. The fourth-order valence-corrected chi connectivity index (χ4v) is 1.60. The smallest absolute Gasteiger partial charge is 0.0736 e. The third-order valence-electron chi connectivity index (χ3n) is 2.02. The van der Waals surface area contributed by atoms with Crippen LogP contribution in [0.5, 0.6) is 0 Å². The van der Waals surface area contributed by atoms with Crippen molar-refractivity contribution >= 4 is 23.2 Å². The topological polar surface area (TPSA) is 21.3 Å². The molecular weight excluding hydrogens is 233 g/mol. The summed E-state index contributed by atoms with van der Waals surface area (Å²) in [5, 5.41) is 4.42. The van der Waals surface area contributed by atoms with Crippen molar-refractivity contribution in [1.29, 1.82) is 0 Å². The molecule has 84 valence electrons. The van der Waals surface area contributed by atoms with Crippen molar-refractivity contribution in [3.8, 4) is 0 Å². The third-order valence-corrected chi connectivity index (χ3v) is 2.63. The maximum atomic E-state index is 6.00. The average molecular weight is 248 g/mol. The maximum Gasteiger partial charge on any atom is 0.0736 e. The van der Waals surface area contributed by atoms with E-state index in [4.69, 9.17) is 27.9 Å². The van der Waals surface area contributed by atoms with E-state index in [0.29, 0.717) is 16.7 Å². The molecule has 0 aromatic heterocycles. The van der Waals surface area contributed by atoms with E-state index in [2.05, 4.69) is 5.32 Å². The Labute approximate surface area is 101 Å². The first-order valence-electron chi connectivity index (χ1n) is 4.83. The molecule has 1 rings (SSSR count). The molecule has 0 aliphatic carbocycles. The van der Waals surface area contributed by atoms with Gasteiger partial charge in [-0.25, -0.2) is 0 Å². The van der Waals surface area contributed by atoms with Crippen molar-refractivity contribution in [3.63, 3.8) is 0 Å². The predicted molar refractivity (Wildman–Crippen MR) is 64.6 cm³/mol. The zero-order valence-electron chi connectivity index (χ0n) is 8.89. The van der Waals surface area contributed by atoms with E-state index >= 15 is 0 Å². The lowest BCUT2D eigenvalue weighted by molar-refractivity contribution is 0.0545. The molecule has 0 saturated carbocycles. The van der Waals surface area contributed by atoms with Gasteiger partial charge < -0.3 is 10.1 Å². The zero-order valence-corrected chi connectivity index (χ0v) is 10.4. The molecule has 15 heavy (non-hydrogen) atoms. The predicted octanol–water partition coefficient (Wildman–Crippen LogP) is 3.12. The Bertz CT molecular complexity index is 317. The molecule has 1 N–H and O–H groups in total. The summed E-state index contributed by atoms with van der Waals surface area (Å²) in [7, 11) is 1.90.